The van der Waals surface area contributed by atoms with Gasteiger partial charge in [0.05, 0.1) is 4.92 Å². The van der Waals surface area contributed by atoms with Crippen LogP contribution in [0.4, 0.5) is 11.4 Å². The highest BCUT2D eigenvalue weighted by atomic mass is 16.6. The number of nitrogens with zero attached hydrogens (tertiary/aromatic N) is 1. The molecule has 0 saturated carbocycles. The largest absolute Gasteiger partial charge is 0.385 e. The van der Waals surface area contributed by atoms with Crippen molar-refractivity contribution in [2.75, 3.05) is 11.9 Å². The van der Waals surface area contributed by atoms with Crippen molar-refractivity contribution in [3.05, 3.63) is 69.8 Å². The summed E-state index contributed by atoms with van der Waals surface area (Å²) < 4.78 is 0. The van der Waals surface area contributed by atoms with Crippen LogP contribution in [-0.4, -0.2) is 11.5 Å². The first kappa shape index (κ1) is 18.7. The third-order valence-electron chi connectivity index (χ3n) is 4.12. The maximum absolute atomic E-state index is 10.7. The highest BCUT2D eigenvalue weighted by Gasteiger charge is 2.02. The van der Waals surface area contributed by atoms with Gasteiger partial charge in [-0.05, 0) is 35.7 Å². The number of para-hydroxylation sites is 1. The van der Waals surface area contributed by atoms with Gasteiger partial charge in [0.25, 0.3) is 5.69 Å². The van der Waals surface area contributed by atoms with E-state index in [0.29, 0.717) is 0 Å². The number of rotatable bonds is 10. The Hall–Kier alpha value is -2.62. The number of hydrogen-bond donors (Lipinski definition) is 1. The van der Waals surface area contributed by atoms with Gasteiger partial charge < -0.3 is 5.32 Å². The smallest absolute Gasteiger partial charge is 0.269 e. The lowest BCUT2D eigenvalue weighted by Crippen LogP contribution is -2.02. The molecule has 0 aliphatic rings. The molecule has 0 unspecified atom stereocenters. The number of anilines is 1. The summed E-state index contributed by atoms with van der Waals surface area (Å²) in [5.74, 6) is 0. The Morgan fingerprint density at radius 2 is 1.68 bits per heavy atom. The molecule has 4 nitrogen and oxygen atoms in total. The van der Waals surface area contributed by atoms with E-state index in [0.717, 1.165) is 23.4 Å². The van der Waals surface area contributed by atoms with Crippen molar-refractivity contribution in [2.24, 2.45) is 0 Å². The van der Waals surface area contributed by atoms with E-state index in [9.17, 15) is 10.1 Å². The molecule has 0 saturated heterocycles. The molecular formula is C21H26N2O2. The van der Waals surface area contributed by atoms with Crippen molar-refractivity contribution < 1.29 is 4.92 Å². The van der Waals surface area contributed by atoms with Crippen LogP contribution < -0.4 is 5.32 Å². The van der Waals surface area contributed by atoms with Crippen molar-refractivity contribution in [1.29, 1.82) is 0 Å². The third kappa shape index (κ3) is 6.42. The Morgan fingerprint density at radius 3 is 2.40 bits per heavy atom. The fourth-order valence-corrected chi connectivity index (χ4v) is 2.65. The van der Waals surface area contributed by atoms with Crippen LogP contribution in [-0.2, 0) is 0 Å². The molecule has 2 rings (SSSR count). The number of nitrogens with one attached hydrogen (secondary N) is 1. The quantitative estimate of drug-likeness (QED) is 0.245. The number of nitro benzene ring substituents is 1. The third-order valence-corrected chi connectivity index (χ3v) is 4.12. The van der Waals surface area contributed by atoms with Gasteiger partial charge in [-0.3, -0.25) is 10.1 Å². The fourth-order valence-electron chi connectivity index (χ4n) is 2.65. The van der Waals surface area contributed by atoms with Crippen molar-refractivity contribution in [1.82, 2.24) is 0 Å². The van der Waals surface area contributed by atoms with Crippen molar-refractivity contribution >= 4 is 23.5 Å². The van der Waals surface area contributed by atoms with Crippen molar-refractivity contribution in [3.63, 3.8) is 0 Å². The van der Waals surface area contributed by atoms with Crippen LogP contribution in [0.2, 0.25) is 0 Å². The summed E-state index contributed by atoms with van der Waals surface area (Å²) in [7, 11) is 0. The van der Waals surface area contributed by atoms with E-state index in [1.807, 2.05) is 24.3 Å². The van der Waals surface area contributed by atoms with E-state index in [1.165, 1.54) is 44.2 Å². The minimum Gasteiger partial charge on any atom is -0.385 e. The summed E-state index contributed by atoms with van der Waals surface area (Å²) in [6, 6.07) is 14.8. The van der Waals surface area contributed by atoms with Gasteiger partial charge in [-0.2, -0.15) is 0 Å². The molecular weight excluding hydrogens is 312 g/mol. The first-order chi connectivity index (χ1) is 12.2. The molecule has 0 radical (unpaired) electrons. The molecule has 25 heavy (non-hydrogen) atoms. The Morgan fingerprint density at radius 1 is 0.960 bits per heavy atom. The lowest BCUT2D eigenvalue weighted by molar-refractivity contribution is -0.384. The summed E-state index contributed by atoms with van der Waals surface area (Å²) in [6.07, 6.45) is 10.4. The molecule has 1 N–H and O–H groups in total. The lowest BCUT2D eigenvalue weighted by atomic mass is 10.1. The van der Waals surface area contributed by atoms with Gasteiger partial charge in [0.15, 0.2) is 0 Å². The summed E-state index contributed by atoms with van der Waals surface area (Å²) in [5.41, 5.74) is 3.30. The zero-order valence-electron chi connectivity index (χ0n) is 14.8. The van der Waals surface area contributed by atoms with Crippen LogP contribution in [0.15, 0.2) is 48.5 Å². The van der Waals surface area contributed by atoms with E-state index < -0.39 is 0 Å². The SMILES string of the molecule is CCCCCCCNc1ccccc1C=Cc1ccc([N+](=O)[O-])cc1. The molecule has 132 valence electrons. The minimum atomic E-state index is -0.382. The molecule has 0 fully saturated rings. The number of unbranched alkanes of at least 4 members (excludes halogenated alkanes) is 4. The van der Waals surface area contributed by atoms with Gasteiger partial charge in [0.1, 0.15) is 0 Å². The number of benzene rings is 2. The van der Waals surface area contributed by atoms with Gasteiger partial charge in [-0.1, -0.05) is 63.0 Å². The number of nitro groups is 1. The van der Waals surface area contributed by atoms with E-state index in [1.54, 1.807) is 12.1 Å². The topological polar surface area (TPSA) is 55.2 Å². The normalized spacial score (nSPS) is 10.9. The molecule has 0 heterocycles. The predicted octanol–water partition coefficient (Wildman–Crippen LogP) is 6.15. The number of non-ortho nitro benzene ring substituents is 1. The monoisotopic (exact) mass is 338 g/mol. The van der Waals surface area contributed by atoms with Gasteiger partial charge in [-0.25, -0.2) is 0 Å². The van der Waals surface area contributed by atoms with Crippen LogP contribution >= 0.6 is 0 Å². The molecule has 4 heteroatoms. The molecule has 0 amide bonds. The van der Waals surface area contributed by atoms with Crippen LogP contribution in [0, 0.1) is 10.1 Å². The van der Waals surface area contributed by atoms with Gasteiger partial charge in [-0.15, -0.1) is 0 Å². The Kier molecular flexibility index (Phi) is 7.70. The molecule has 2 aromatic rings. The van der Waals surface area contributed by atoms with E-state index >= 15 is 0 Å². The second-order valence-electron chi connectivity index (χ2n) is 6.11. The summed E-state index contributed by atoms with van der Waals surface area (Å²) in [6.45, 7) is 3.21. The zero-order chi connectivity index (χ0) is 17.9. The maximum Gasteiger partial charge on any atom is 0.269 e. The average molecular weight is 338 g/mol. The molecule has 0 spiro atoms. The minimum absolute atomic E-state index is 0.113. The standard InChI is InChI=1S/C21H26N2O2/c1-2-3-4-5-8-17-22-21-10-7-6-9-19(21)14-11-18-12-15-20(16-13-18)23(24)25/h6-7,9-16,22H,2-5,8,17H2,1H3. The number of hydrogen-bond acceptors (Lipinski definition) is 3. The summed E-state index contributed by atoms with van der Waals surface area (Å²) in [5, 5.41) is 14.2. The molecule has 0 aliphatic heterocycles. The molecule has 2 aromatic carbocycles. The molecule has 0 aliphatic carbocycles. The van der Waals surface area contributed by atoms with Gasteiger partial charge >= 0.3 is 0 Å². The van der Waals surface area contributed by atoms with Crippen LogP contribution in [0.3, 0.4) is 0 Å². The van der Waals surface area contributed by atoms with E-state index in [4.69, 9.17) is 0 Å². The van der Waals surface area contributed by atoms with E-state index in [2.05, 4.69) is 24.4 Å². The summed E-state index contributed by atoms with van der Waals surface area (Å²) >= 11 is 0. The zero-order valence-corrected chi connectivity index (χ0v) is 14.8. The Bertz CT molecular complexity index is 693. The molecule has 0 bridgehead atoms. The van der Waals surface area contributed by atoms with Gasteiger partial charge in [0, 0.05) is 24.4 Å². The first-order valence-corrected chi connectivity index (χ1v) is 8.96. The van der Waals surface area contributed by atoms with Crippen LogP contribution in [0.5, 0.6) is 0 Å². The Labute approximate surface area is 149 Å². The van der Waals surface area contributed by atoms with Crippen LogP contribution in [0.1, 0.15) is 50.2 Å². The van der Waals surface area contributed by atoms with Crippen molar-refractivity contribution in [3.8, 4) is 0 Å². The van der Waals surface area contributed by atoms with Gasteiger partial charge in [0.2, 0.25) is 0 Å². The molecule has 0 atom stereocenters. The summed E-state index contributed by atoms with van der Waals surface area (Å²) in [4.78, 5) is 10.3. The van der Waals surface area contributed by atoms with Crippen LogP contribution in [0.25, 0.3) is 12.2 Å². The average Bonchev–Trinajstić information content (AvgIpc) is 2.64. The van der Waals surface area contributed by atoms with Crippen molar-refractivity contribution in [2.45, 2.75) is 39.0 Å². The maximum atomic E-state index is 10.7. The second-order valence-corrected chi connectivity index (χ2v) is 6.11. The molecule has 0 aromatic heterocycles. The highest BCUT2D eigenvalue weighted by molar-refractivity contribution is 5.76. The second kappa shape index (κ2) is 10.3. The highest BCUT2D eigenvalue weighted by Crippen LogP contribution is 2.19. The predicted molar refractivity (Wildman–Crippen MR) is 106 cm³/mol. The fraction of sp³-hybridized carbons (Fsp3) is 0.333. The Balaban J connectivity index is 1.94. The lowest BCUT2D eigenvalue weighted by Gasteiger charge is -2.09. The first-order valence-electron chi connectivity index (χ1n) is 8.96. The van der Waals surface area contributed by atoms with E-state index in [-0.39, 0.29) is 10.6 Å².